The molecule has 1 aliphatic heterocycles. The summed E-state index contributed by atoms with van der Waals surface area (Å²) in [6.45, 7) is 0.602. The van der Waals surface area contributed by atoms with Gasteiger partial charge in [0.25, 0.3) is 0 Å². The van der Waals surface area contributed by atoms with E-state index in [1.165, 1.54) is 18.6 Å². The van der Waals surface area contributed by atoms with Crippen LogP contribution in [0.4, 0.5) is 0 Å². The summed E-state index contributed by atoms with van der Waals surface area (Å²) in [6.07, 6.45) is 5.13. The molecule has 1 rings (SSSR count). The molecule has 0 amide bonds. The number of unbranched alkanes of at least 4 members (excludes halogenated alkanes) is 1. The van der Waals surface area contributed by atoms with Crippen molar-refractivity contribution in [3.63, 3.8) is 0 Å². The van der Waals surface area contributed by atoms with E-state index in [1.54, 1.807) is 0 Å². The highest BCUT2D eigenvalue weighted by atomic mass is 33.1. The van der Waals surface area contributed by atoms with Crippen molar-refractivity contribution >= 4 is 40.2 Å². The maximum Gasteiger partial charge on any atom is 0.324 e. The van der Waals surface area contributed by atoms with E-state index in [4.69, 9.17) is 4.84 Å². The van der Waals surface area contributed by atoms with Crippen molar-refractivity contribution < 1.29 is 9.63 Å². The molecule has 0 unspecified atom stereocenters. The van der Waals surface area contributed by atoms with Crippen LogP contribution in [0.5, 0.6) is 0 Å². The van der Waals surface area contributed by atoms with Crippen molar-refractivity contribution in [3.8, 4) is 0 Å². The van der Waals surface area contributed by atoms with Gasteiger partial charge in [-0.3, -0.25) is 4.79 Å². The van der Waals surface area contributed by atoms with Crippen molar-refractivity contribution in [1.82, 2.24) is 5.48 Å². The normalized spacial score (nSPS) is 19.9. The molecule has 1 atom stereocenters. The Bertz CT molecular complexity index is 199. The van der Waals surface area contributed by atoms with Gasteiger partial charge in [0.1, 0.15) is 0 Å². The smallest absolute Gasteiger partial charge is 0.324 e. The maximum atomic E-state index is 11.2. The predicted molar refractivity (Wildman–Crippen MR) is 74.9 cm³/mol. The van der Waals surface area contributed by atoms with Crippen molar-refractivity contribution in [1.29, 1.82) is 0 Å². The molecule has 16 heavy (non-hydrogen) atoms. The highest BCUT2D eigenvalue weighted by molar-refractivity contribution is 8.77. The Balaban J connectivity index is 1.87. The number of carbonyl (C=O) groups excluding carboxylic acids is 1. The van der Waals surface area contributed by atoms with E-state index in [0.29, 0.717) is 18.7 Å². The predicted octanol–water partition coefficient (Wildman–Crippen LogP) is 2.68. The second-order valence-electron chi connectivity index (χ2n) is 3.67. The fourth-order valence-electron chi connectivity index (χ4n) is 1.43. The first kappa shape index (κ1) is 14.5. The Hall–Kier alpha value is 0.480. The summed E-state index contributed by atoms with van der Waals surface area (Å²) >= 11 is 4.00. The van der Waals surface area contributed by atoms with E-state index < -0.39 is 0 Å². The van der Waals surface area contributed by atoms with E-state index in [-0.39, 0.29) is 5.97 Å². The molecule has 0 aromatic carbocycles. The van der Waals surface area contributed by atoms with Gasteiger partial charge in [0.15, 0.2) is 0 Å². The van der Waals surface area contributed by atoms with Crippen molar-refractivity contribution in [2.45, 2.75) is 37.4 Å². The number of rotatable bonds is 8. The first-order valence-corrected chi connectivity index (χ1v) is 8.66. The van der Waals surface area contributed by atoms with Crippen LogP contribution in [0.25, 0.3) is 0 Å². The molecule has 0 spiro atoms. The first-order chi connectivity index (χ1) is 7.83. The summed E-state index contributed by atoms with van der Waals surface area (Å²) in [5.41, 5.74) is 2.58. The van der Waals surface area contributed by atoms with Crippen LogP contribution in [0.1, 0.15) is 32.1 Å². The van der Waals surface area contributed by atoms with Crippen LogP contribution in [0, 0.1) is 0 Å². The van der Waals surface area contributed by atoms with E-state index in [2.05, 4.69) is 18.1 Å². The van der Waals surface area contributed by atoms with E-state index in [1.807, 2.05) is 21.6 Å². The van der Waals surface area contributed by atoms with E-state index >= 15 is 0 Å². The van der Waals surface area contributed by atoms with Crippen LogP contribution in [-0.2, 0) is 9.63 Å². The molecular formula is C10H19NO2S3. The molecule has 0 bridgehead atoms. The Labute approximate surface area is 111 Å². The highest BCUT2D eigenvalue weighted by Crippen LogP contribution is 2.39. The summed E-state index contributed by atoms with van der Waals surface area (Å²) in [6, 6.07) is 0. The van der Waals surface area contributed by atoms with Gasteiger partial charge in [0.2, 0.25) is 0 Å². The standard InChI is InChI=1S/C10H19NO2S3/c12-10(13-11-6-7-14)4-2-1-3-9-5-8-15-16-9/h9,11,14H,1-8H2/t9-/m1/s1. The SMILES string of the molecule is O=C(CCCC[C@@H]1CCSS1)ONCCS. The number of thiol groups is 1. The van der Waals surface area contributed by atoms with E-state index in [9.17, 15) is 4.79 Å². The largest absolute Gasteiger partial charge is 0.371 e. The molecule has 0 aromatic heterocycles. The Morgan fingerprint density at radius 1 is 1.50 bits per heavy atom. The van der Waals surface area contributed by atoms with Gasteiger partial charge < -0.3 is 4.84 Å². The lowest BCUT2D eigenvalue weighted by atomic mass is 10.1. The zero-order valence-electron chi connectivity index (χ0n) is 9.31. The minimum Gasteiger partial charge on any atom is -0.371 e. The maximum absolute atomic E-state index is 11.2. The molecule has 0 saturated carbocycles. The molecular weight excluding hydrogens is 262 g/mol. The van der Waals surface area contributed by atoms with Crippen LogP contribution < -0.4 is 5.48 Å². The minimum absolute atomic E-state index is 0.157. The number of carbonyl (C=O) groups is 1. The van der Waals surface area contributed by atoms with Crippen LogP contribution in [0.3, 0.4) is 0 Å². The molecule has 3 nitrogen and oxygen atoms in total. The Kier molecular flexibility index (Phi) is 8.64. The fraction of sp³-hybridized carbons (Fsp3) is 0.900. The topological polar surface area (TPSA) is 38.3 Å². The molecule has 0 aliphatic carbocycles. The molecule has 1 N–H and O–H groups in total. The lowest BCUT2D eigenvalue weighted by molar-refractivity contribution is -0.150. The zero-order chi connectivity index (χ0) is 11.6. The number of hydroxylamine groups is 1. The van der Waals surface area contributed by atoms with Crippen LogP contribution in [0.2, 0.25) is 0 Å². The van der Waals surface area contributed by atoms with Crippen molar-refractivity contribution in [3.05, 3.63) is 0 Å². The molecule has 1 aliphatic rings. The number of hydrogen-bond acceptors (Lipinski definition) is 6. The quantitative estimate of drug-likeness (QED) is 0.310. The average molecular weight is 281 g/mol. The third-order valence-electron chi connectivity index (χ3n) is 2.28. The van der Waals surface area contributed by atoms with Gasteiger partial charge in [-0.1, -0.05) is 28.0 Å². The van der Waals surface area contributed by atoms with Gasteiger partial charge in [-0.05, 0) is 19.3 Å². The van der Waals surface area contributed by atoms with Gasteiger partial charge in [0, 0.05) is 29.7 Å². The minimum atomic E-state index is -0.157. The molecule has 1 saturated heterocycles. The summed E-state index contributed by atoms with van der Waals surface area (Å²) in [7, 11) is 3.97. The third kappa shape index (κ3) is 6.93. The Morgan fingerprint density at radius 3 is 3.06 bits per heavy atom. The molecule has 1 fully saturated rings. The van der Waals surface area contributed by atoms with Crippen LogP contribution >= 0.6 is 34.2 Å². The molecule has 6 heteroatoms. The van der Waals surface area contributed by atoms with Gasteiger partial charge in [-0.15, -0.1) is 0 Å². The third-order valence-corrected chi connectivity index (χ3v) is 5.51. The summed E-state index contributed by atoms with van der Waals surface area (Å²) in [5, 5.41) is 0.809. The van der Waals surface area contributed by atoms with Gasteiger partial charge in [0.05, 0.1) is 0 Å². The fourth-order valence-corrected chi connectivity index (χ4v) is 4.55. The van der Waals surface area contributed by atoms with E-state index in [0.717, 1.165) is 18.1 Å². The van der Waals surface area contributed by atoms with Crippen molar-refractivity contribution in [2.24, 2.45) is 0 Å². The lowest BCUT2D eigenvalue weighted by Crippen LogP contribution is -2.21. The summed E-state index contributed by atoms with van der Waals surface area (Å²) in [4.78, 5) is 16.0. The van der Waals surface area contributed by atoms with Gasteiger partial charge in [-0.2, -0.15) is 18.1 Å². The second-order valence-corrected chi connectivity index (χ2v) is 6.90. The highest BCUT2D eigenvalue weighted by Gasteiger charge is 2.15. The summed E-state index contributed by atoms with van der Waals surface area (Å²) < 4.78 is 0. The van der Waals surface area contributed by atoms with Gasteiger partial charge >= 0.3 is 5.97 Å². The molecule has 0 aromatic rings. The second kappa shape index (κ2) is 9.50. The first-order valence-electron chi connectivity index (χ1n) is 5.64. The Morgan fingerprint density at radius 2 is 2.38 bits per heavy atom. The number of nitrogens with one attached hydrogen (secondary N) is 1. The lowest BCUT2D eigenvalue weighted by Gasteiger charge is -2.07. The number of hydrogen-bond donors (Lipinski definition) is 2. The average Bonchev–Trinajstić information content (AvgIpc) is 2.78. The van der Waals surface area contributed by atoms with Crippen molar-refractivity contribution in [2.75, 3.05) is 18.1 Å². The van der Waals surface area contributed by atoms with Crippen LogP contribution in [-0.4, -0.2) is 29.3 Å². The van der Waals surface area contributed by atoms with Crippen LogP contribution in [0.15, 0.2) is 0 Å². The molecule has 0 radical (unpaired) electrons. The summed E-state index contributed by atoms with van der Waals surface area (Å²) in [5.74, 6) is 1.80. The van der Waals surface area contributed by atoms with Gasteiger partial charge in [-0.25, -0.2) is 0 Å². The molecule has 1 heterocycles. The molecule has 94 valence electrons. The monoisotopic (exact) mass is 281 g/mol. The zero-order valence-corrected chi connectivity index (χ0v) is 11.8.